The van der Waals surface area contributed by atoms with Crippen molar-refractivity contribution in [3.05, 3.63) is 65.2 Å². The van der Waals surface area contributed by atoms with Crippen LogP contribution in [0.1, 0.15) is 47.3 Å². The van der Waals surface area contributed by atoms with Crippen molar-refractivity contribution in [1.82, 2.24) is 29.9 Å². The van der Waals surface area contributed by atoms with Gasteiger partial charge in [-0.25, -0.2) is 9.67 Å². The molecule has 1 amide bonds. The van der Waals surface area contributed by atoms with Crippen LogP contribution in [0.25, 0.3) is 16.7 Å². The van der Waals surface area contributed by atoms with Gasteiger partial charge in [-0.1, -0.05) is 0 Å². The van der Waals surface area contributed by atoms with Crippen molar-refractivity contribution in [2.45, 2.75) is 40.3 Å². The van der Waals surface area contributed by atoms with Crippen LogP contribution in [-0.2, 0) is 6.54 Å². The summed E-state index contributed by atoms with van der Waals surface area (Å²) in [6.07, 6.45) is 1.75. The highest BCUT2D eigenvalue weighted by molar-refractivity contribution is 6.06. The molecule has 0 saturated carbocycles. The van der Waals surface area contributed by atoms with Gasteiger partial charge in [0.15, 0.2) is 5.65 Å². The monoisotopic (exact) mass is 418 g/mol. The van der Waals surface area contributed by atoms with E-state index in [-0.39, 0.29) is 11.9 Å². The van der Waals surface area contributed by atoms with Gasteiger partial charge < -0.3 is 10.1 Å². The number of nitrogens with zero attached hydrogens (tertiary/aromatic N) is 5. The number of benzene rings is 1. The number of hydrogen-bond donors (Lipinski definition) is 1. The second kappa shape index (κ2) is 8.22. The maximum atomic E-state index is 13.3. The van der Waals surface area contributed by atoms with Crippen LogP contribution in [0.2, 0.25) is 0 Å². The van der Waals surface area contributed by atoms with Crippen LogP contribution in [0.4, 0.5) is 0 Å². The summed E-state index contributed by atoms with van der Waals surface area (Å²) in [6.45, 7) is 8.50. The van der Waals surface area contributed by atoms with E-state index in [9.17, 15) is 4.79 Å². The Labute approximate surface area is 180 Å². The summed E-state index contributed by atoms with van der Waals surface area (Å²) in [4.78, 5) is 18.0. The highest BCUT2D eigenvalue weighted by Crippen LogP contribution is 2.26. The molecule has 160 valence electrons. The normalized spacial score (nSPS) is 12.2. The lowest BCUT2D eigenvalue weighted by Gasteiger charge is -2.16. The Hall–Kier alpha value is -3.68. The first-order valence-electron chi connectivity index (χ1n) is 10.3. The first-order chi connectivity index (χ1) is 14.9. The minimum Gasteiger partial charge on any atom is -0.497 e. The highest BCUT2D eigenvalue weighted by Gasteiger charge is 2.22. The molecule has 0 aliphatic rings. The molecule has 0 fully saturated rings. The molecule has 31 heavy (non-hydrogen) atoms. The van der Waals surface area contributed by atoms with E-state index in [2.05, 4.69) is 20.5 Å². The van der Waals surface area contributed by atoms with E-state index >= 15 is 0 Å². The summed E-state index contributed by atoms with van der Waals surface area (Å²) >= 11 is 0. The largest absolute Gasteiger partial charge is 0.497 e. The maximum Gasteiger partial charge on any atom is 0.252 e. The number of aromatic nitrogens is 5. The van der Waals surface area contributed by atoms with Crippen LogP contribution in [0.5, 0.6) is 5.75 Å². The number of carbonyl (C=O) groups excluding carboxylic acids is 1. The summed E-state index contributed by atoms with van der Waals surface area (Å²) in [7, 11) is 1.63. The summed E-state index contributed by atoms with van der Waals surface area (Å²) < 4.78 is 8.89. The molecule has 8 nitrogen and oxygen atoms in total. The molecule has 1 atom stereocenters. The molecule has 0 unspecified atom stereocenters. The molecule has 1 N–H and O–H groups in total. The predicted octanol–water partition coefficient (Wildman–Crippen LogP) is 3.75. The van der Waals surface area contributed by atoms with E-state index in [1.165, 1.54) is 0 Å². The number of pyridine rings is 1. The van der Waals surface area contributed by atoms with Gasteiger partial charge in [-0.05, 0) is 64.1 Å². The Balaban J connectivity index is 1.74. The quantitative estimate of drug-likeness (QED) is 0.515. The van der Waals surface area contributed by atoms with Gasteiger partial charge >= 0.3 is 0 Å². The molecule has 0 aliphatic heterocycles. The van der Waals surface area contributed by atoms with Gasteiger partial charge in [0.05, 0.1) is 41.2 Å². The highest BCUT2D eigenvalue weighted by atomic mass is 16.5. The zero-order valence-electron chi connectivity index (χ0n) is 18.4. The summed E-state index contributed by atoms with van der Waals surface area (Å²) in [5, 5.41) is 12.8. The number of rotatable bonds is 6. The Bertz CT molecular complexity index is 1240. The van der Waals surface area contributed by atoms with Gasteiger partial charge in [-0.3, -0.25) is 9.48 Å². The zero-order valence-corrected chi connectivity index (χ0v) is 18.4. The Morgan fingerprint density at radius 2 is 1.94 bits per heavy atom. The number of hydrogen-bond acceptors (Lipinski definition) is 5. The van der Waals surface area contributed by atoms with Gasteiger partial charge in [0.2, 0.25) is 0 Å². The number of aryl methyl sites for hydroxylation is 3. The molecule has 3 aromatic heterocycles. The number of methoxy groups -OCH3 is 1. The maximum absolute atomic E-state index is 13.3. The van der Waals surface area contributed by atoms with Gasteiger partial charge in [0.1, 0.15) is 5.75 Å². The topological polar surface area (TPSA) is 86.9 Å². The lowest BCUT2D eigenvalue weighted by atomic mass is 10.1. The van der Waals surface area contributed by atoms with Crippen LogP contribution in [0.15, 0.2) is 42.6 Å². The summed E-state index contributed by atoms with van der Waals surface area (Å²) in [5.41, 5.74) is 4.52. The zero-order chi connectivity index (χ0) is 22.1. The van der Waals surface area contributed by atoms with Crippen LogP contribution >= 0.6 is 0 Å². The van der Waals surface area contributed by atoms with Crippen molar-refractivity contribution in [2.75, 3.05) is 7.11 Å². The molecule has 4 aromatic rings. The standard InChI is InChI=1S/C23H26N6O2/c1-6-28-20(11-12-24-28)15(3)26-23(30)19-13-14(2)25-22-21(19)16(4)27-29(22)17-7-9-18(31-5)10-8-17/h7-13,15H,6H2,1-5H3,(H,26,30)/t15-/m0/s1. The minimum atomic E-state index is -0.185. The van der Waals surface area contributed by atoms with E-state index in [1.54, 1.807) is 18.0 Å². The molecule has 0 spiro atoms. The fourth-order valence-corrected chi connectivity index (χ4v) is 3.82. The second-order valence-electron chi connectivity index (χ2n) is 7.47. The molecular formula is C23H26N6O2. The van der Waals surface area contributed by atoms with Gasteiger partial charge in [0, 0.05) is 18.4 Å². The van der Waals surface area contributed by atoms with E-state index < -0.39 is 0 Å². The van der Waals surface area contributed by atoms with E-state index in [1.807, 2.05) is 68.8 Å². The number of ether oxygens (including phenoxy) is 1. The molecule has 0 radical (unpaired) electrons. The Morgan fingerprint density at radius 1 is 1.19 bits per heavy atom. The average Bonchev–Trinajstić information content (AvgIpc) is 3.37. The third-order valence-corrected chi connectivity index (χ3v) is 5.34. The Morgan fingerprint density at radius 3 is 2.61 bits per heavy atom. The summed E-state index contributed by atoms with van der Waals surface area (Å²) in [6, 6.07) is 11.1. The molecule has 0 bridgehead atoms. The number of fused-ring (bicyclic) bond motifs is 1. The SMILES string of the molecule is CCn1nccc1[C@H](C)NC(=O)c1cc(C)nc2c1c(C)nn2-c1ccc(OC)cc1. The average molecular weight is 419 g/mol. The molecule has 1 aromatic carbocycles. The fourth-order valence-electron chi connectivity index (χ4n) is 3.82. The first-order valence-corrected chi connectivity index (χ1v) is 10.3. The fraction of sp³-hybridized carbons (Fsp3) is 0.304. The van der Waals surface area contributed by atoms with Crippen LogP contribution in [-0.4, -0.2) is 37.6 Å². The molecule has 3 heterocycles. The minimum absolute atomic E-state index is 0.163. The van der Waals surface area contributed by atoms with Gasteiger partial charge in [-0.15, -0.1) is 0 Å². The lowest BCUT2D eigenvalue weighted by molar-refractivity contribution is 0.0939. The van der Waals surface area contributed by atoms with Crippen LogP contribution in [0, 0.1) is 13.8 Å². The van der Waals surface area contributed by atoms with Crippen LogP contribution < -0.4 is 10.1 Å². The third-order valence-electron chi connectivity index (χ3n) is 5.34. The Kier molecular flexibility index (Phi) is 5.46. The van der Waals surface area contributed by atoms with Crippen molar-refractivity contribution in [3.63, 3.8) is 0 Å². The van der Waals surface area contributed by atoms with E-state index in [4.69, 9.17) is 4.74 Å². The third kappa shape index (κ3) is 3.76. The smallest absolute Gasteiger partial charge is 0.252 e. The van der Waals surface area contributed by atoms with Crippen molar-refractivity contribution in [3.8, 4) is 11.4 Å². The van der Waals surface area contributed by atoms with E-state index in [0.29, 0.717) is 11.2 Å². The first kappa shape index (κ1) is 20.6. The van der Waals surface area contributed by atoms with E-state index in [0.717, 1.165) is 40.4 Å². The molecule has 4 rings (SSSR count). The number of nitrogens with one attached hydrogen (secondary N) is 1. The predicted molar refractivity (Wildman–Crippen MR) is 119 cm³/mol. The van der Waals surface area contributed by atoms with Crippen molar-refractivity contribution >= 4 is 16.9 Å². The lowest BCUT2D eigenvalue weighted by Crippen LogP contribution is -2.28. The molecule has 8 heteroatoms. The number of carbonyl (C=O) groups is 1. The molecule has 0 saturated heterocycles. The van der Waals surface area contributed by atoms with Crippen molar-refractivity contribution in [2.24, 2.45) is 0 Å². The second-order valence-corrected chi connectivity index (χ2v) is 7.47. The summed E-state index contributed by atoms with van der Waals surface area (Å²) in [5.74, 6) is 0.602. The molecular weight excluding hydrogens is 392 g/mol. The van der Waals surface area contributed by atoms with Gasteiger partial charge in [0.25, 0.3) is 5.91 Å². The number of amides is 1. The molecule has 0 aliphatic carbocycles. The van der Waals surface area contributed by atoms with Crippen LogP contribution in [0.3, 0.4) is 0 Å². The van der Waals surface area contributed by atoms with Gasteiger partial charge in [-0.2, -0.15) is 10.2 Å². The van der Waals surface area contributed by atoms with Crippen molar-refractivity contribution in [1.29, 1.82) is 0 Å². The van der Waals surface area contributed by atoms with Crippen molar-refractivity contribution < 1.29 is 9.53 Å².